The van der Waals surface area contributed by atoms with Gasteiger partial charge in [0.25, 0.3) is 0 Å². The van der Waals surface area contributed by atoms with Crippen LogP contribution in [-0.4, -0.2) is 28.1 Å². The molecule has 7 heteroatoms. The summed E-state index contributed by atoms with van der Waals surface area (Å²) in [7, 11) is 0. The van der Waals surface area contributed by atoms with E-state index in [1.807, 2.05) is 60.7 Å². The van der Waals surface area contributed by atoms with Crippen molar-refractivity contribution in [3.8, 4) is 5.75 Å². The van der Waals surface area contributed by atoms with E-state index in [1.54, 1.807) is 0 Å². The zero-order chi connectivity index (χ0) is 17.3. The Morgan fingerprint density at radius 1 is 0.800 bits per heavy atom. The van der Waals surface area contributed by atoms with Crippen LogP contribution in [0.15, 0.2) is 60.7 Å². The number of rotatable bonds is 8. The van der Waals surface area contributed by atoms with Gasteiger partial charge in [-0.3, -0.25) is 0 Å². The molecule has 7 nitrogen and oxygen atoms in total. The van der Waals surface area contributed by atoms with Gasteiger partial charge in [0.2, 0.25) is 17.8 Å². The van der Waals surface area contributed by atoms with E-state index < -0.39 is 0 Å². The molecular weight excluding hydrogens is 316 g/mol. The van der Waals surface area contributed by atoms with Crippen molar-refractivity contribution in [2.75, 3.05) is 29.5 Å². The van der Waals surface area contributed by atoms with Crippen molar-refractivity contribution in [3.05, 3.63) is 66.2 Å². The van der Waals surface area contributed by atoms with Crippen LogP contribution in [0.3, 0.4) is 0 Å². The van der Waals surface area contributed by atoms with Crippen molar-refractivity contribution < 1.29 is 4.74 Å². The molecule has 3 aromatic rings. The molecule has 0 spiro atoms. The normalized spacial score (nSPS) is 10.2. The number of hydrogen-bond acceptors (Lipinski definition) is 7. The summed E-state index contributed by atoms with van der Waals surface area (Å²) >= 11 is 0. The third kappa shape index (κ3) is 5.35. The van der Waals surface area contributed by atoms with Crippen LogP contribution < -0.4 is 21.1 Å². The molecule has 4 N–H and O–H groups in total. The van der Waals surface area contributed by atoms with Gasteiger partial charge in [0, 0.05) is 6.54 Å². The van der Waals surface area contributed by atoms with Crippen LogP contribution in [0.4, 0.5) is 17.8 Å². The van der Waals surface area contributed by atoms with E-state index in [4.69, 9.17) is 10.5 Å². The third-order valence-electron chi connectivity index (χ3n) is 3.34. The molecule has 0 aliphatic carbocycles. The van der Waals surface area contributed by atoms with Gasteiger partial charge in [-0.2, -0.15) is 15.0 Å². The summed E-state index contributed by atoms with van der Waals surface area (Å²) in [6.45, 7) is 1.65. The molecule has 1 heterocycles. The maximum absolute atomic E-state index is 5.75. The van der Waals surface area contributed by atoms with Crippen molar-refractivity contribution >= 4 is 17.8 Å². The molecule has 0 fully saturated rings. The van der Waals surface area contributed by atoms with Gasteiger partial charge in [-0.25, -0.2) is 0 Å². The Kier molecular flexibility index (Phi) is 5.60. The number of benzene rings is 2. The quantitative estimate of drug-likeness (QED) is 0.544. The van der Waals surface area contributed by atoms with E-state index in [2.05, 4.69) is 25.6 Å². The van der Waals surface area contributed by atoms with Crippen LogP contribution in [-0.2, 0) is 6.54 Å². The minimum absolute atomic E-state index is 0.164. The molecule has 25 heavy (non-hydrogen) atoms. The molecule has 0 saturated heterocycles. The second-order valence-electron chi connectivity index (χ2n) is 5.27. The highest BCUT2D eigenvalue weighted by atomic mass is 16.5. The van der Waals surface area contributed by atoms with Gasteiger partial charge in [0.05, 0.1) is 6.54 Å². The second-order valence-corrected chi connectivity index (χ2v) is 5.27. The predicted octanol–water partition coefficient (Wildman–Crippen LogP) is 2.56. The van der Waals surface area contributed by atoms with Crippen LogP contribution >= 0.6 is 0 Å². The first-order chi connectivity index (χ1) is 12.3. The molecular formula is C18H20N6O. The minimum atomic E-state index is 0.164. The summed E-state index contributed by atoms with van der Waals surface area (Å²) in [5, 5.41) is 6.23. The van der Waals surface area contributed by atoms with Crippen LogP contribution in [0, 0.1) is 0 Å². The molecule has 0 bridgehead atoms. The van der Waals surface area contributed by atoms with Crippen molar-refractivity contribution in [1.82, 2.24) is 15.0 Å². The van der Waals surface area contributed by atoms with E-state index in [0.717, 1.165) is 11.3 Å². The molecule has 128 valence electrons. The zero-order valence-corrected chi connectivity index (χ0v) is 13.7. The topological polar surface area (TPSA) is 98.0 Å². The smallest absolute Gasteiger partial charge is 0.229 e. The van der Waals surface area contributed by atoms with Crippen LogP contribution in [0.2, 0.25) is 0 Å². The number of para-hydroxylation sites is 1. The lowest BCUT2D eigenvalue weighted by atomic mass is 10.2. The minimum Gasteiger partial charge on any atom is -0.492 e. The van der Waals surface area contributed by atoms with Gasteiger partial charge in [0.15, 0.2) is 0 Å². The summed E-state index contributed by atoms with van der Waals surface area (Å²) in [6, 6.07) is 19.6. The highest BCUT2D eigenvalue weighted by molar-refractivity contribution is 5.40. The Morgan fingerprint density at radius 3 is 2.16 bits per heavy atom. The summed E-state index contributed by atoms with van der Waals surface area (Å²) in [6.07, 6.45) is 0. The molecule has 0 saturated carbocycles. The van der Waals surface area contributed by atoms with E-state index in [0.29, 0.717) is 31.6 Å². The first kappa shape index (κ1) is 16.5. The Labute approximate surface area is 146 Å². The van der Waals surface area contributed by atoms with E-state index in [-0.39, 0.29) is 5.95 Å². The van der Waals surface area contributed by atoms with Gasteiger partial charge in [-0.15, -0.1) is 0 Å². The van der Waals surface area contributed by atoms with Crippen LogP contribution in [0.5, 0.6) is 5.75 Å². The highest BCUT2D eigenvalue weighted by Gasteiger charge is 2.04. The van der Waals surface area contributed by atoms with Gasteiger partial charge >= 0.3 is 0 Å². The Bertz CT molecular complexity index is 782. The molecule has 0 radical (unpaired) electrons. The number of aromatic nitrogens is 3. The maximum atomic E-state index is 5.75. The fourth-order valence-electron chi connectivity index (χ4n) is 2.18. The average molecular weight is 336 g/mol. The maximum Gasteiger partial charge on any atom is 0.229 e. The van der Waals surface area contributed by atoms with Crippen LogP contribution in [0.25, 0.3) is 0 Å². The molecule has 2 aromatic carbocycles. The van der Waals surface area contributed by atoms with Crippen molar-refractivity contribution in [2.24, 2.45) is 0 Å². The van der Waals surface area contributed by atoms with Gasteiger partial charge in [-0.05, 0) is 17.7 Å². The lowest BCUT2D eigenvalue weighted by Crippen LogP contribution is -2.15. The molecule has 0 atom stereocenters. The molecule has 1 aromatic heterocycles. The monoisotopic (exact) mass is 336 g/mol. The van der Waals surface area contributed by atoms with Gasteiger partial charge < -0.3 is 21.1 Å². The van der Waals surface area contributed by atoms with E-state index in [9.17, 15) is 0 Å². The number of ether oxygens (including phenoxy) is 1. The lowest BCUT2D eigenvalue weighted by molar-refractivity contribution is 0.332. The number of nitrogens with two attached hydrogens (primary N) is 1. The fourth-order valence-corrected chi connectivity index (χ4v) is 2.18. The van der Waals surface area contributed by atoms with Gasteiger partial charge in [-0.1, -0.05) is 48.5 Å². The number of hydrogen-bond donors (Lipinski definition) is 3. The Hall–Kier alpha value is -3.35. The first-order valence-electron chi connectivity index (χ1n) is 8.01. The molecule has 3 rings (SSSR count). The lowest BCUT2D eigenvalue weighted by Gasteiger charge is -2.10. The second kappa shape index (κ2) is 8.49. The van der Waals surface area contributed by atoms with Crippen LogP contribution in [0.1, 0.15) is 5.56 Å². The van der Waals surface area contributed by atoms with Crippen molar-refractivity contribution in [3.63, 3.8) is 0 Å². The summed E-state index contributed by atoms with van der Waals surface area (Å²) in [4.78, 5) is 12.5. The Balaban J connectivity index is 1.50. The number of nitrogen functional groups attached to an aromatic ring is 1. The summed E-state index contributed by atoms with van der Waals surface area (Å²) < 4.78 is 5.61. The van der Waals surface area contributed by atoms with E-state index >= 15 is 0 Å². The highest BCUT2D eigenvalue weighted by Crippen LogP contribution is 2.10. The Morgan fingerprint density at radius 2 is 1.44 bits per heavy atom. The molecule has 0 amide bonds. The number of anilines is 3. The average Bonchev–Trinajstić information content (AvgIpc) is 2.65. The molecule has 0 aliphatic rings. The fraction of sp³-hybridized carbons (Fsp3) is 0.167. The zero-order valence-electron chi connectivity index (χ0n) is 13.7. The molecule has 0 aliphatic heterocycles. The summed E-state index contributed by atoms with van der Waals surface area (Å²) in [5.74, 6) is 1.84. The van der Waals surface area contributed by atoms with Crippen molar-refractivity contribution in [1.29, 1.82) is 0 Å². The largest absolute Gasteiger partial charge is 0.492 e. The number of nitrogens with zero attached hydrogens (tertiary/aromatic N) is 3. The first-order valence-corrected chi connectivity index (χ1v) is 8.01. The third-order valence-corrected chi connectivity index (χ3v) is 3.34. The standard InChI is InChI=1S/C18H20N6O/c19-16-22-17(20-11-12-25-15-9-5-2-6-10-15)24-18(23-16)21-13-14-7-3-1-4-8-14/h1-10H,11-13H2,(H4,19,20,21,22,23,24). The molecule has 0 unspecified atom stereocenters. The SMILES string of the molecule is Nc1nc(NCCOc2ccccc2)nc(NCc2ccccc2)n1. The van der Waals surface area contributed by atoms with E-state index in [1.165, 1.54) is 0 Å². The van der Waals surface area contributed by atoms with Gasteiger partial charge in [0.1, 0.15) is 12.4 Å². The summed E-state index contributed by atoms with van der Waals surface area (Å²) in [5.41, 5.74) is 6.88. The van der Waals surface area contributed by atoms with Crippen molar-refractivity contribution in [2.45, 2.75) is 6.54 Å². The number of nitrogens with one attached hydrogen (secondary N) is 2. The predicted molar refractivity (Wildman–Crippen MR) is 98.4 cm³/mol.